The predicted octanol–water partition coefficient (Wildman–Crippen LogP) is 3.96. The van der Waals surface area contributed by atoms with Crippen LogP contribution in [-0.4, -0.2) is 22.8 Å². The summed E-state index contributed by atoms with van der Waals surface area (Å²) >= 11 is 1.88. The van der Waals surface area contributed by atoms with E-state index in [9.17, 15) is 0 Å². The Bertz CT molecular complexity index is 345. The van der Waals surface area contributed by atoms with E-state index >= 15 is 0 Å². The molecule has 0 fully saturated rings. The average Bonchev–Trinajstić information content (AvgIpc) is 2.28. The number of pyridine rings is 1. The molecule has 0 spiro atoms. The number of hydrogen-bond donors (Lipinski definition) is 1. The molecule has 102 valence electrons. The number of rotatable bonds is 7. The standard InChI is InChI=1S/C15H26N2S/c1-6-8-16-14(7-2)13(5)18-15-10-11(3)9-12(4)17-15/h9-10,13-14,16H,6-8H2,1-5H3. The Morgan fingerprint density at radius 1 is 1.28 bits per heavy atom. The zero-order valence-corrected chi connectivity index (χ0v) is 13.1. The molecule has 18 heavy (non-hydrogen) atoms. The molecule has 2 unspecified atom stereocenters. The number of aryl methyl sites for hydroxylation is 2. The summed E-state index contributed by atoms with van der Waals surface area (Å²) < 4.78 is 0. The number of aromatic nitrogens is 1. The molecule has 2 atom stereocenters. The van der Waals surface area contributed by atoms with Gasteiger partial charge in [-0.25, -0.2) is 4.98 Å². The second kappa shape index (κ2) is 7.80. The van der Waals surface area contributed by atoms with Crippen molar-refractivity contribution in [3.05, 3.63) is 23.4 Å². The molecule has 0 aliphatic heterocycles. The van der Waals surface area contributed by atoms with Crippen molar-refractivity contribution >= 4 is 11.8 Å². The lowest BCUT2D eigenvalue weighted by Crippen LogP contribution is -2.36. The van der Waals surface area contributed by atoms with Crippen molar-refractivity contribution in [1.82, 2.24) is 10.3 Å². The molecule has 0 aliphatic rings. The third kappa shape index (κ3) is 4.99. The third-order valence-corrected chi connectivity index (χ3v) is 4.19. The molecule has 0 radical (unpaired) electrons. The van der Waals surface area contributed by atoms with Gasteiger partial charge in [0.1, 0.15) is 0 Å². The van der Waals surface area contributed by atoms with Crippen LogP contribution in [0.2, 0.25) is 0 Å². The first kappa shape index (κ1) is 15.5. The number of nitrogens with one attached hydrogen (secondary N) is 1. The average molecular weight is 266 g/mol. The first-order valence-corrected chi connectivity index (χ1v) is 7.80. The van der Waals surface area contributed by atoms with Crippen LogP contribution in [0.25, 0.3) is 0 Å². The summed E-state index contributed by atoms with van der Waals surface area (Å²) in [6.45, 7) is 12.1. The molecule has 0 aliphatic carbocycles. The van der Waals surface area contributed by atoms with Crippen LogP contribution in [0.4, 0.5) is 0 Å². The first-order chi connectivity index (χ1) is 8.56. The zero-order valence-electron chi connectivity index (χ0n) is 12.3. The molecule has 1 rings (SSSR count). The van der Waals surface area contributed by atoms with Gasteiger partial charge >= 0.3 is 0 Å². The second-order valence-corrected chi connectivity index (χ2v) is 6.31. The Kier molecular flexibility index (Phi) is 6.72. The number of thioether (sulfide) groups is 1. The maximum atomic E-state index is 4.61. The van der Waals surface area contributed by atoms with Gasteiger partial charge in [0, 0.05) is 17.0 Å². The molecular formula is C15H26N2S. The largest absolute Gasteiger partial charge is 0.313 e. The van der Waals surface area contributed by atoms with Crippen LogP contribution in [0.1, 0.15) is 44.9 Å². The van der Waals surface area contributed by atoms with Gasteiger partial charge in [0.2, 0.25) is 0 Å². The highest BCUT2D eigenvalue weighted by atomic mass is 32.2. The Hall–Kier alpha value is -0.540. The van der Waals surface area contributed by atoms with Gasteiger partial charge in [-0.3, -0.25) is 0 Å². The molecule has 1 aromatic heterocycles. The van der Waals surface area contributed by atoms with E-state index in [1.54, 1.807) is 0 Å². The van der Waals surface area contributed by atoms with Crippen molar-refractivity contribution in [1.29, 1.82) is 0 Å². The van der Waals surface area contributed by atoms with Crippen molar-refractivity contribution in [3.8, 4) is 0 Å². The van der Waals surface area contributed by atoms with E-state index in [4.69, 9.17) is 0 Å². The van der Waals surface area contributed by atoms with E-state index in [1.165, 1.54) is 18.4 Å². The summed E-state index contributed by atoms with van der Waals surface area (Å²) in [7, 11) is 0. The van der Waals surface area contributed by atoms with E-state index in [0.29, 0.717) is 11.3 Å². The van der Waals surface area contributed by atoms with Gasteiger partial charge < -0.3 is 5.32 Å². The van der Waals surface area contributed by atoms with Crippen LogP contribution >= 0.6 is 11.8 Å². The zero-order chi connectivity index (χ0) is 13.5. The molecule has 1 aromatic rings. The Labute approximate surface area is 116 Å². The van der Waals surface area contributed by atoms with Crippen molar-refractivity contribution in [3.63, 3.8) is 0 Å². The smallest absolute Gasteiger partial charge is 0.0968 e. The monoisotopic (exact) mass is 266 g/mol. The topological polar surface area (TPSA) is 24.9 Å². The maximum absolute atomic E-state index is 4.61. The van der Waals surface area contributed by atoms with Crippen LogP contribution in [0.15, 0.2) is 17.2 Å². The van der Waals surface area contributed by atoms with Crippen LogP contribution in [0.5, 0.6) is 0 Å². The summed E-state index contributed by atoms with van der Waals surface area (Å²) in [5.41, 5.74) is 2.41. The van der Waals surface area contributed by atoms with Crippen molar-refractivity contribution in [2.45, 2.75) is 63.8 Å². The lowest BCUT2D eigenvalue weighted by atomic mass is 10.1. The molecule has 0 saturated heterocycles. The predicted molar refractivity (Wildman–Crippen MR) is 81.4 cm³/mol. The molecule has 0 bridgehead atoms. The van der Waals surface area contributed by atoms with Gasteiger partial charge in [-0.15, -0.1) is 11.8 Å². The van der Waals surface area contributed by atoms with Crippen molar-refractivity contribution < 1.29 is 0 Å². The van der Waals surface area contributed by atoms with Crippen LogP contribution < -0.4 is 5.32 Å². The Morgan fingerprint density at radius 3 is 2.56 bits per heavy atom. The Balaban J connectivity index is 2.63. The van der Waals surface area contributed by atoms with Gasteiger partial charge in [0.15, 0.2) is 0 Å². The molecule has 1 N–H and O–H groups in total. The highest BCUT2D eigenvalue weighted by molar-refractivity contribution is 7.99. The van der Waals surface area contributed by atoms with E-state index in [2.05, 4.69) is 57.1 Å². The minimum absolute atomic E-state index is 0.551. The molecule has 1 heterocycles. The molecule has 0 aromatic carbocycles. The Morgan fingerprint density at radius 2 is 2.00 bits per heavy atom. The van der Waals surface area contributed by atoms with Crippen LogP contribution in [0, 0.1) is 13.8 Å². The van der Waals surface area contributed by atoms with E-state index < -0.39 is 0 Å². The SMILES string of the molecule is CCCNC(CC)C(C)Sc1cc(C)cc(C)n1. The maximum Gasteiger partial charge on any atom is 0.0968 e. The lowest BCUT2D eigenvalue weighted by molar-refractivity contribution is 0.493. The van der Waals surface area contributed by atoms with Gasteiger partial charge in [0.05, 0.1) is 5.03 Å². The van der Waals surface area contributed by atoms with E-state index in [0.717, 1.165) is 17.3 Å². The molecular weight excluding hydrogens is 240 g/mol. The fourth-order valence-electron chi connectivity index (χ4n) is 2.11. The quantitative estimate of drug-likeness (QED) is 0.756. The number of hydrogen-bond acceptors (Lipinski definition) is 3. The highest BCUT2D eigenvalue weighted by Crippen LogP contribution is 2.25. The third-order valence-electron chi connectivity index (χ3n) is 3.04. The highest BCUT2D eigenvalue weighted by Gasteiger charge is 2.16. The van der Waals surface area contributed by atoms with Crippen LogP contribution in [0.3, 0.4) is 0 Å². The fraction of sp³-hybridized carbons (Fsp3) is 0.667. The van der Waals surface area contributed by atoms with Gasteiger partial charge in [-0.05, 0) is 50.9 Å². The lowest BCUT2D eigenvalue weighted by Gasteiger charge is -2.23. The summed E-state index contributed by atoms with van der Waals surface area (Å²) in [5.74, 6) is 0. The molecule has 0 saturated carbocycles. The fourth-order valence-corrected chi connectivity index (χ4v) is 3.39. The van der Waals surface area contributed by atoms with Crippen molar-refractivity contribution in [2.75, 3.05) is 6.54 Å². The van der Waals surface area contributed by atoms with Crippen molar-refractivity contribution in [2.24, 2.45) is 0 Å². The first-order valence-electron chi connectivity index (χ1n) is 6.92. The van der Waals surface area contributed by atoms with Gasteiger partial charge in [0.25, 0.3) is 0 Å². The summed E-state index contributed by atoms with van der Waals surface area (Å²) in [5, 5.41) is 5.32. The minimum Gasteiger partial charge on any atom is -0.313 e. The van der Waals surface area contributed by atoms with Gasteiger partial charge in [-0.2, -0.15) is 0 Å². The minimum atomic E-state index is 0.551. The molecule has 3 heteroatoms. The summed E-state index contributed by atoms with van der Waals surface area (Å²) in [6, 6.07) is 4.87. The summed E-state index contributed by atoms with van der Waals surface area (Å²) in [4.78, 5) is 4.61. The van der Waals surface area contributed by atoms with E-state index in [1.807, 2.05) is 11.8 Å². The summed E-state index contributed by atoms with van der Waals surface area (Å²) in [6.07, 6.45) is 2.36. The van der Waals surface area contributed by atoms with Crippen LogP contribution in [-0.2, 0) is 0 Å². The molecule has 0 amide bonds. The normalized spacial score (nSPS) is 14.5. The molecule has 2 nitrogen and oxygen atoms in total. The van der Waals surface area contributed by atoms with Gasteiger partial charge in [-0.1, -0.05) is 20.8 Å². The number of nitrogens with zero attached hydrogens (tertiary/aromatic N) is 1. The van der Waals surface area contributed by atoms with E-state index in [-0.39, 0.29) is 0 Å². The second-order valence-electron chi connectivity index (χ2n) is 4.92.